The second kappa shape index (κ2) is 6.19. The van der Waals surface area contributed by atoms with Crippen molar-refractivity contribution in [3.63, 3.8) is 0 Å². The van der Waals surface area contributed by atoms with Crippen LogP contribution in [0.4, 0.5) is 0 Å². The van der Waals surface area contributed by atoms with Gasteiger partial charge in [0.2, 0.25) is 11.7 Å². The third kappa shape index (κ3) is 3.07. The number of nitrogens with zero attached hydrogens (tertiary/aromatic N) is 3. The average molecular weight is 309 g/mol. The third-order valence-corrected chi connectivity index (χ3v) is 3.77. The fourth-order valence-electron chi connectivity index (χ4n) is 1.53. The summed E-state index contributed by atoms with van der Waals surface area (Å²) in [5.74, 6) is 3.23. The van der Waals surface area contributed by atoms with Gasteiger partial charge < -0.3 is 13.4 Å². The molecule has 0 atom stereocenters. The molecule has 3 heterocycles. The highest BCUT2D eigenvalue weighted by Crippen LogP contribution is 2.25. The predicted molar refractivity (Wildman–Crippen MR) is 75.3 cm³/mol. The molecule has 0 amide bonds. The van der Waals surface area contributed by atoms with Crippen LogP contribution in [0.2, 0.25) is 0 Å². The lowest BCUT2D eigenvalue weighted by atomic mass is 10.3. The molecule has 8 heteroatoms. The fraction of sp³-hybridized carbons (Fsp3) is 0.250. The Bertz CT molecular complexity index is 663. The Balaban J connectivity index is 1.60. The van der Waals surface area contributed by atoms with E-state index >= 15 is 0 Å². The average Bonchev–Trinajstić information content (AvgIpc) is 3.18. The number of aromatic nitrogens is 3. The van der Waals surface area contributed by atoms with Crippen LogP contribution >= 0.6 is 23.5 Å². The molecule has 3 aromatic rings. The van der Waals surface area contributed by atoms with Gasteiger partial charge in [-0.2, -0.15) is 11.8 Å². The molecule has 3 aromatic heterocycles. The van der Waals surface area contributed by atoms with Crippen LogP contribution in [0, 0.1) is 0 Å². The Morgan fingerprint density at radius 3 is 2.95 bits per heavy atom. The second-order valence-corrected chi connectivity index (χ2v) is 5.64. The van der Waals surface area contributed by atoms with Crippen LogP contribution < -0.4 is 0 Å². The van der Waals surface area contributed by atoms with Crippen molar-refractivity contribution in [3.05, 3.63) is 36.0 Å². The Morgan fingerprint density at radius 2 is 2.15 bits per heavy atom. The van der Waals surface area contributed by atoms with Crippen LogP contribution in [0.1, 0.15) is 11.6 Å². The minimum absolute atomic E-state index is 0.539. The number of furan rings is 1. The zero-order valence-electron chi connectivity index (χ0n) is 10.6. The SMILES string of the molecule is CSCc1nnc(SCc2cc(-c3ccco3)on2)o1. The number of hydrogen-bond donors (Lipinski definition) is 0. The van der Waals surface area contributed by atoms with Crippen LogP contribution in [0.3, 0.4) is 0 Å². The van der Waals surface area contributed by atoms with Crippen molar-refractivity contribution in [2.75, 3.05) is 6.26 Å². The van der Waals surface area contributed by atoms with Gasteiger partial charge in [-0.3, -0.25) is 0 Å². The number of thioether (sulfide) groups is 2. The molecule has 104 valence electrons. The molecule has 0 N–H and O–H groups in total. The third-order valence-electron chi connectivity index (χ3n) is 2.38. The summed E-state index contributed by atoms with van der Waals surface area (Å²) < 4.78 is 15.9. The first kappa shape index (κ1) is 13.3. The lowest BCUT2D eigenvalue weighted by molar-refractivity contribution is 0.412. The van der Waals surface area contributed by atoms with Gasteiger partial charge in [-0.05, 0) is 18.4 Å². The Kier molecular flexibility index (Phi) is 4.12. The summed E-state index contributed by atoms with van der Waals surface area (Å²) in [7, 11) is 0. The molecule has 0 radical (unpaired) electrons. The first-order valence-electron chi connectivity index (χ1n) is 5.79. The molecule has 0 unspecified atom stereocenters. The van der Waals surface area contributed by atoms with E-state index in [9.17, 15) is 0 Å². The van der Waals surface area contributed by atoms with Gasteiger partial charge in [0.1, 0.15) is 0 Å². The Morgan fingerprint density at radius 1 is 1.20 bits per heavy atom. The van der Waals surface area contributed by atoms with E-state index in [1.54, 1.807) is 24.1 Å². The van der Waals surface area contributed by atoms with E-state index in [1.165, 1.54) is 11.8 Å². The highest BCUT2D eigenvalue weighted by atomic mass is 32.2. The standard InChI is InChI=1S/C12H11N3O3S2/c1-19-7-11-13-14-12(17-11)20-6-8-5-10(18-15-8)9-3-2-4-16-9/h2-5H,6-7H2,1H3. The van der Waals surface area contributed by atoms with Gasteiger partial charge in [0, 0.05) is 11.8 Å². The largest absolute Gasteiger partial charge is 0.461 e. The predicted octanol–water partition coefficient (Wildman–Crippen LogP) is 3.47. The molecule has 0 spiro atoms. The normalized spacial score (nSPS) is 11.1. The van der Waals surface area contributed by atoms with Gasteiger partial charge in [-0.15, -0.1) is 10.2 Å². The van der Waals surface area contributed by atoms with Crippen LogP contribution in [-0.4, -0.2) is 21.6 Å². The zero-order valence-corrected chi connectivity index (χ0v) is 12.2. The lowest BCUT2D eigenvalue weighted by Crippen LogP contribution is -1.79. The molecule has 0 fully saturated rings. The van der Waals surface area contributed by atoms with Gasteiger partial charge in [0.25, 0.3) is 5.22 Å². The minimum atomic E-state index is 0.539. The quantitative estimate of drug-likeness (QED) is 0.640. The van der Waals surface area contributed by atoms with Crippen molar-refractivity contribution in [2.24, 2.45) is 0 Å². The van der Waals surface area contributed by atoms with Crippen molar-refractivity contribution in [2.45, 2.75) is 16.7 Å². The molecular formula is C12H11N3O3S2. The lowest BCUT2D eigenvalue weighted by Gasteiger charge is -1.90. The summed E-state index contributed by atoms with van der Waals surface area (Å²) in [4.78, 5) is 0. The maximum absolute atomic E-state index is 5.47. The Labute approximate surface area is 123 Å². The molecule has 0 bridgehead atoms. The summed E-state index contributed by atoms with van der Waals surface area (Å²) >= 11 is 3.07. The van der Waals surface area contributed by atoms with E-state index in [0.717, 1.165) is 11.4 Å². The smallest absolute Gasteiger partial charge is 0.276 e. The van der Waals surface area contributed by atoms with E-state index < -0.39 is 0 Å². The molecule has 0 saturated heterocycles. The summed E-state index contributed by atoms with van der Waals surface area (Å²) in [5.41, 5.74) is 0.797. The van der Waals surface area contributed by atoms with Gasteiger partial charge in [0.15, 0.2) is 5.76 Å². The van der Waals surface area contributed by atoms with Gasteiger partial charge in [-0.1, -0.05) is 16.9 Å². The van der Waals surface area contributed by atoms with E-state index in [1.807, 2.05) is 18.4 Å². The van der Waals surface area contributed by atoms with Crippen LogP contribution in [0.15, 0.2) is 43.0 Å². The Hall–Kier alpha value is -1.67. The molecule has 0 saturated carbocycles. The number of rotatable bonds is 6. The van der Waals surface area contributed by atoms with Crippen LogP contribution in [-0.2, 0) is 11.5 Å². The molecule has 0 aromatic carbocycles. The molecular weight excluding hydrogens is 298 g/mol. The first-order chi connectivity index (χ1) is 9.85. The molecule has 20 heavy (non-hydrogen) atoms. The van der Waals surface area contributed by atoms with Gasteiger partial charge in [-0.25, -0.2) is 0 Å². The van der Waals surface area contributed by atoms with E-state index in [4.69, 9.17) is 13.4 Å². The monoisotopic (exact) mass is 309 g/mol. The summed E-state index contributed by atoms with van der Waals surface area (Å²) in [5, 5.41) is 12.4. The van der Waals surface area contributed by atoms with Crippen molar-refractivity contribution in [1.82, 2.24) is 15.4 Å². The highest BCUT2D eigenvalue weighted by molar-refractivity contribution is 7.98. The summed E-state index contributed by atoms with van der Waals surface area (Å²) in [6.07, 6.45) is 3.58. The maximum atomic E-state index is 5.47. The summed E-state index contributed by atoms with van der Waals surface area (Å²) in [6.45, 7) is 0. The topological polar surface area (TPSA) is 78.1 Å². The van der Waals surface area contributed by atoms with Crippen molar-refractivity contribution < 1.29 is 13.4 Å². The van der Waals surface area contributed by atoms with Gasteiger partial charge >= 0.3 is 0 Å². The zero-order chi connectivity index (χ0) is 13.8. The van der Waals surface area contributed by atoms with E-state index in [-0.39, 0.29) is 0 Å². The van der Waals surface area contributed by atoms with E-state index in [0.29, 0.717) is 28.4 Å². The van der Waals surface area contributed by atoms with Crippen molar-refractivity contribution in [1.29, 1.82) is 0 Å². The van der Waals surface area contributed by atoms with Crippen molar-refractivity contribution >= 4 is 23.5 Å². The van der Waals surface area contributed by atoms with Crippen molar-refractivity contribution in [3.8, 4) is 11.5 Å². The van der Waals surface area contributed by atoms with E-state index in [2.05, 4.69) is 15.4 Å². The first-order valence-corrected chi connectivity index (χ1v) is 8.16. The molecule has 0 aliphatic heterocycles. The van der Waals surface area contributed by atoms with Crippen LogP contribution in [0.5, 0.6) is 0 Å². The molecule has 0 aliphatic carbocycles. The summed E-state index contributed by atoms with van der Waals surface area (Å²) in [6, 6.07) is 5.47. The fourth-order valence-corrected chi connectivity index (χ4v) is 2.55. The maximum Gasteiger partial charge on any atom is 0.276 e. The second-order valence-electron chi connectivity index (χ2n) is 3.84. The molecule has 3 rings (SSSR count). The molecule has 0 aliphatic rings. The highest BCUT2D eigenvalue weighted by Gasteiger charge is 2.11. The molecule has 6 nitrogen and oxygen atoms in total. The van der Waals surface area contributed by atoms with Crippen LogP contribution in [0.25, 0.3) is 11.5 Å². The number of hydrogen-bond acceptors (Lipinski definition) is 8. The minimum Gasteiger partial charge on any atom is -0.461 e. The van der Waals surface area contributed by atoms with Gasteiger partial charge in [0.05, 0.1) is 17.7 Å².